The van der Waals surface area contributed by atoms with E-state index in [1.165, 1.54) is 10.9 Å². The van der Waals surface area contributed by atoms with Gasteiger partial charge in [-0.25, -0.2) is 0 Å². The number of aromatic nitrogens is 2. The molecule has 0 saturated carbocycles. The first-order chi connectivity index (χ1) is 11.8. The molecule has 0 saturated heterocycles. The largest absolute Gasteiger partial charge is 0.364 e. The van der Waals surface area contributed by atoms with E-state index in [0.29, 0.717) is 6.54 Å². The van der Waals surface area contributed by atoms with E-state index >= 15 is 0 Å². The number of hydrogen-bond donors (Lipinski definition) is 1. The fourth-order valence-electron chi connectivity index (χ4n) is 2.70. The molecule has 0 aliphatic heterocycles. The molecule has 2 heterocycles. The van der Waals surface area contributed by atoms with E-state index in [2.05, 4.69) is 44.7 Å². The van der Waals surface area contributed by atoms with Gasteiger partial charge in [-0.2, -0.15) is 0 Å². The first-order valence-electron chi connectivity index (χ1n) is 7.91. The maximum atomic E-state index is 4.86. The van der Waals surface area contributed by atoms with E-state index in [4.69, 9.17) is 4.52 Å². The summed E-state index contributed by atoms with van der Waals surface area (Å²) in [5.74, 6) is 0.825. The Balaban J connectivity index is 1.60. The molecule has 0 radical (unpaired) electrons. The molecule has 0 fully saturated rings. The lowest BCUT2D eigenvalue weighted by Crippen LogP contribution is -2.39. The van der Waals surface area contributed by atoms with Gasteiger partial charge in [-0.15, -0.1) is 0 Å². The number of guanidine groups is 1. The number of para-hydroxylation sites is 1. The van der Waals surface area contributed by atoms with Crippen LogP contribution < -0.4 is 5.32 Å². The van der Waals surface area contributed by atoms with Gasteiger partial charge in [0.15, 0.2) is 5.96 Å². The molecular formula is C18H21N5O. The molecule has 0 spiro atoms. The highest BCUT2D eigenvalue weighted by Gasteiger charge is 2.08. The van der Waals surface area contributed by atoms with E-state index in [0.717, 1.165) is 30.1 Å². The van der Waals surface area contributed by atoms with Crippen LogP contribution in [0.4, 0.5) is 0 Å². The van der Waals surface area contributed by atoms with Crippen molar-refractivity contribution in [3.8, 4) is 0 Å². The summed E-state index contributed by atoms with van der Waals surface area (Å²) in [5, 5.41) is 8.48. The van der Waals surface area contributed by atoms with Gasteiger partial charge in [0.2, 0.25) is 0 Å². The van der Waals surface area contributed by atoms with Crippen LogP contribution in [0.25, 0.3) is 10.9 Å². The van der Waals surface area contributed by atoms with Crippen LogP contribution in [0.3, 0.4) is 0 Å². The average Bonchev–Trinajstić information content (AvgIpc) is 3.11. The van der Waals surface area contributed by atoms with Crippen LogP contribution in [0.5, 0.6) is 0 Å². The fourth-order valence-corrected chi connectivity index (χ4v) is 2.70. The van der Waals surface area contributed by atoms with Gasteiger partial charge in [0, 0.05) is 38.3 Å². The monoisotopic (exact) mass is 323 g/mol. The second-order valence-electron chi connectivity index (χ2n) is 5.56. The average molecular weight is 323 g/mol. The summed E-state index contributed by atoms with van der Waals surface area (Å²) in [6.45, 7) is 1.43. The zero-order valence-electron chi connectivity index (χ0n) is 13.9. The van der Waals surface area contributed by atoms with Crippen LogP contribution in [0.15, 0.2) is 58.4 Å². The van der Waals surface area contributed by atoms with Gasteiger partial charge < -0.3 is 14.7 Å². The standard InChI is InChI=1S/C18H21N5O/c1-19-18(23(2)13-16-9-12-24-22-16)21-11-8-15-6-3-5-14-7-4-10-20-17(14)15/h3-7,9-10,12H,8,11,13H2,1-2H3,(H,19,21). The molecular weight excluding hydrogens is 302 g/mol. The first-order valence-corrected chi connectivity index (χ1v) is 7.91. The molecule has 0 aliphatic rings. The third-order valence-corrected chi connectivity index (χ3v) is 3.86. The molecule has 1 N–H and O–H groups in total. The molecule has 1 aromatic carbocycles. The summed E-state index contributed by atoms with van der Waals surface area (Å²) in [5.41, 5.74) is 3.17. The predicted octanol–water partition coefficient (Wildman–Crippen LogP) is 2.47. The molecule has 6 heteroatoms. The van der Waals surface area contributed by atoms with Gasteiger partial charge in [0.1, 0.15) is 12.0 Å². The lowest BCUT2D eigenvalue weighted by molar-refractivity contribution is 0.391. The molecule has 0 atom stereocenters. The van der Waals surface area contributed by atoms with Crippen molar-refractivity contribution in [3.63, 3.8) is 0 Å². The van der Waals surface area contributed by atoms with Crippen LogP contribution in [0, 0.1) is 0 Å². The Hall–Kier alpha value is -2.89. The summed E-state index contributed by atoms with van der Waals surface area (Å²) in [7, 11) is 3.75. The predicted molar refractivity (Wildman–Crippen MR) is 94.8 cm³/mol. The number of benzene rings is 1. The van der Waals surface area contributed by atoms with Gasteiger partial charge in [0.25, 0.3) is 0 Å². The topological polar surface area (TPSA) is 66.6 Å². The van der Waals surface area contributed by atoms with Crippen LogP contribution >= 0.6 is 0 Å². The maximum Gasteiger partial charge on any atom is 0.193 e. The van der Waals surface area contributed by atoms with Crippen molar-refractivity contribution < 1.29 is 4.52 Å². The fraction of sp³-hybridized carbons (Fsp3) is 0.278. The summed E-state index contributed by atoms with van der Waals surface area (Å²) in [6, 6.07) is 12.2. The number of fused-ring (bicyclic) bond motifs is 1. The minimum atomic E-state index is 0.645. The lowest BCUT2D eigenvalue weighted by Gasteiger charge is -2.21. The van der Waals surface area contributed by atoms with Crippen molar-refractivity contribution in [2.45, 2.75) is 13.0 Å². The number of hydrogen-bond acceptors (Lipinski definition) is 4. The molecule has 0 amide bonds. The second kappa shape index (κ2) is 7.59. The molecule has 0 unspecified atom stereocenters. The van der Waals surface area contributed by atoms with Crippen molar-refractivity contribution in [2.75, 3.05) is 20.6 Å². The van der Waals surface area contributed by atoms with Gasteiger partial charge in [-0.1, -0.05) is 29.4 Å². The number of aliphatic imine (C=N–C) groups is 1. The van der Waals surface area contributed by atoms with Crippen LogP contribution in [0.2, 0.25) is 0 Å². The van der Waals surface area contributed by atoms with Crippen molar-refractivity contribution in [1.82, 2.24) is 20.4 Å². The third kappa shape index (κ3) is 3.71. The van der Waals surface area contributed by atoms with Gasteiger partial charge in [-0.3, -0.25) is 9.98 Å². The van der Waals surface area contributed by atoms with Crippen molar-refractivity contribution in [3.05, 3.63) is 60.1 Å². The third-order valence-electron chi connectivity index (χ3n) is 3.86. The Morgan fingerprint density at radius 1 is 1.25 bits per heavy atom. The van der Waals surface area contributed by atoms with Crippen LogP contribution in [-0.4, -0.2) is 41.6 Å². The Bertz CT molecular complexity index is 808. The normalized spacial score (nSPS) is 11.7. The molecule has 0 bridgehead atoms. The molecule has 124 valence electrons. The highest BCUT2D eigenvalue weighted by atomic mass is 16.5. The molecule has 3 rings (SSSR count). The summed E-state index contributed by atoms with van der Waals surface area (Å²) < 4.78 is 4.86. The summed E-state index contributed by atoms with van der Waals surface area (Å²) >= 11 is 0. The first kappa shape index (κ1) is 16.0. The summed E-state index contributed by atoms with van der Waals surface area (Å²) in [4.78, 5) is 10.8. The minimum Gasteiger partial charge on any atom is -0.364 e. The zero-order valence-corrected chi connectivity index (χ0v) is 13.9. The molecule has 6 nitrogen and oxygen atoms in total. The maximum absolute atomic E-state index is 4.86. The van der Waals surface area contributed by atoms with Crippen LogP contribution in [-0.2, 0) is 13.0 Å². The summed E-state index contributed by atoms with van der Waals surface area (Å²) in [6.07, 6.45) is 4.29. The lowest BCUT2D eigenvalue weighted by atomic mass is 10.1. The molecule has 24 heavy (non-hydrogen) atoms. The number of nitrogens with zero attached hydrogens (tertiary/aromatic N) is 4. The van der Waals surface area contributed by atoms with E-state index in [1.807, 2.05) is 30.3 Å². The van der Waals surface area contributed by atoms with Crippen molar-refractivity contribution in [1.29, 1.82) is 0 Å². The smallest absolute Gasteiger partial charge is 0.193 e. The highest BCUT2D eigenvalue weighted by molar-refractivity contribution is 5.82. The Morgan fingerprint density at radius 3 is 2.92 bits per heavy atom. The molecule has 3 aromatic rings. The van der Waals surface area contributed by atoms with E-state index in [1.54, 1.807) is 13.3 Å². The van der Waals surface area contributed by atoms with Crippen molar-refractivity contribution >= 4 is 16.9 Å². The van der Waals surface area contributed by atoms with E-state index in [9.17, 15) is 0 Å². The quantitative estimate of drug-likeness (QED) is 0.577. The molecule has 0 aliphatic carbocycles. The van der Waals surface area contributed by atoms with Crippen LogP contribution in [0.1, 0.15) is 11.3 Å². The van der Waals surface area contributed by atoms with Gasteiger partial charge in [0.05, 0.1) is 12.1 Å². The number of pyridine rings is 1. The zero-order chi connectivity index (χ0) is 16.8. The Labute approximate surface area is 141 Å². The second-order valence-corrected chi connectivity index (χ2v) is 5.56. The van der Waals surface area contributed by atoms with Gasteiger partial charge >= 0.3 is 0 Å². The highest BCUT2D eigenvalue weighted by Crippen LogP contribution is 2.16. The Kier molecular flexibility index (Phi) is 5.05. The van der Waals surface area contributed by atoms with Gasteiger partial charge in [-0.05, 0) is 18.1 Å². The van der Waals surface area contributed by atoms with E-state index in [-0.39, 0.29) is 0 Å². The Morgan fingerprint density at radius 2 is 2.12 bits per heavy atom. The SMILES string of the molecule is CN=C(NCCc1cccc2cccnc12)N(C)Cc1ccon1. The number of rotatable bonds is 5. The van der Waals surface area contributed by atoms with Crippen molar-refractivity contribution in [2.24, 2.45) is 4.99 Å². The molecule has 2 aromatic heterocycles. The minimum absolute atomic E-state index is 0.645. The van der Waals surface area contributed by atoms with E-state index < -0.39 is 0 Å². The number of nitrogens with one attached hydrogen (secondary N) is 1.